The molecule has 2 aromatic heterocycles. The molecular weight excluding hydrogens is 636 g/mol. The van der Waals surface area contributed by atoms with E-state index in [1.54, 1.807) is 38.4 Å². The van der Waals surface area contributed by atoms with Crippen LogP contribution in [0.25, 0.3) is 33.7 Å². The second-order valence-corrected chi connectivity index (χ2v) is 12.8. The predicted octanol–water partition coefficient (Wildman–Crippen LogP) is 7.09. The van der Waals surface area contributed by atoms with Gasteiger partial charge in [-0.3, -0.25) is 19.6 Å². The number of esters is 1. The number of rotatable bonds is 8. The predicted molar refractivity (Wildman–Crippen MR) is 194 cm³/mol. The van der Waals surface area contributed by atoms with Crippen molar-refractivity contribution < 1.29 is 39.1 Å². The molecule has 3 N–H and O–H groups in total. The monoisotopic (exact) mass is 684 g/mol. The zero-order valence-electron chi connectivity index (χ0n) is 28.2. The van der Waals surface area contributed by atoms with Crippen molar-refractivity contribution in [3.8, 4) is 0 Å². The van der Waals surface area contributed by atoms with Crippen LogP contribution < -0.4 is 0 Å². The Kier molecular flexibility index (Phi) is 13.0. The first kappa shape index (κ1) is 38.3. The van der Waals surface area contributed by atoms with Gasteiger partial charge in [0.15, 0.2) is 0 Å². The van der Waals surface area contributed by atoms with Crippen molar-refractivity contribution in [3.05, 3.63) is 95.6 Å². The third kappa shape index (κ3) is 9.00. The van der Waals surface area contributed by atoms with Crippen molar-refractivity contribution in [2.45, 2.75) is 59.2 Å². The van der Waals surface area contributed by atoms with E-state index >= 15 is 0 Å². The normalized spacial score (nSPS) is 18.2. The molecule has 10 heteroatoms. The molecule has 2 fully saturated rings. The molecule has 2 aromatic carbocycles. The number of aliphatic hydroxyl groups is 2. The maximum absolute atomic E-state index is 12.3. The van der Waals surface area contributed by atoms with Crippen LogP contribution in [0.3, 0.4) is 0 Å². The zero-order chi connectivity index (χ0) is 35.0. The number of aliphatic hydroxyl groups excluding tert-OH is 2. The Morgan fingerprint density at radius 3 is 1.54 bits per heavy atom. The summed E-state index contributed by atoms with van der Waals surface area (Å²) in [5.74, 6) is -1.05. The van der Waals surface area contributed by atoms with Gasteiger partial charge < -0.3 is 29.5 Å². The van der Waals surface area contributed by atoms with Gasteiger partial charge in [0.05, 0.1) is 41.5 Å². The second kappa shape index (κ2) is 17.0. The van der Waals surface area contributed by atoms with Crippen LogP contribution in [0.5, 0.6) is 0 Å². The first-order valence-corrected chi connectivity index (χ1v) is 16.6. The highest BCUT2D eigenvalue weighted by molar-refractivity contribution is 5.86. The lowest BCUT2D eigenvalue weighted by Gasteiger charge is -2.31. The Bertz CT molecular complexity index is 1840. The number of hydrogen-bond donors (Lipinski definition) is 3. The third-order valence-corrected chi connectivity index (χ3v) is 9.43. The topological polar surface area (TPSA) is 148 Å². The van der Waals surface area contributed by atoms with Gasteiger partial charge in [-0.05, 0) is 97.8 Å². The molecule has 0 radical (unpaired) electrons. The van der Waals surface area contributed by atoms with Crippen LogP contribution in [0.1, 0.15) is 81.7 Å². The standard InChI is InChI=1S/C20H23NO4.C19H21NO4.CH4/c1-14(22)15-3-4-16-13-21-18(12-17(16)11-15)5-6-20(19(23)24-2)7-9-25-10-8-20;1-13(21)14-2-3-15-12-20-17(11-16(15)10-14)4-5-19(18(22)23)6-8-24-9-7-19;/h3-6,11-14,22H,7-10H2,1-2H3;2-5,10-13,21H,6-9H2,1H3,(H,22,23);1H4/b6-5+;5-4+;/t14-;13-;/m11./s1. The summed E-state index contributed by atoms with van der Waals surface area (Å²) in [6.45, 7) is 5.48. The molecular formula is C40H48N2O8. The van der Waals surface area contributed by atoms with Gasteiger partial charge in [0, 0.05) is 49.6 Å². The van der Waals surface area contributed by atoms with E-state index in [0.717, 1.165) is 38.4 Å². The van der Waals surface area contributed by atoms with Crippen LogP contribution in [0.4, 0.5) is 0 Å². The molecule has 2 aliphatic heterocycles. The molecule has 2 atom stereocenters. The molecule has 266 valence electrons. The molecule has 0 amide bonds. The maximum Gasteiger partial charge on any atom is 0.315 e. The smallest absolute Gasteiger partial charge is 0.315 e. The van der Waals surface area contributed by atoms with Crippen LogP contribution in [0.2, 0.25) is 0 Å². The fourth-order valence-corrected chi connectivity index (χ4v) is 6.11. The number of benzene rings is 2. The Balaban J connectivity index is 0.000000220. The van der Waals surface area contributed by atoms with Gasteiger partial charge in [-0.15, -0.1) is 0 Å². The largest absolute Gasteiger partial charge is 0.481 e. The summed E-state index contributed by atoms with van der Waals surface area (Å²) in [7, 11) is 1.42. The third-order valence-electron chi connectivity index (χ3n) is 9.43. The Morgan fingerprint density at radius 1 is 0.720 bits per heavy atom. The highest BCUT2D eigenvalue weighted by atomic mass is 16.5. The Morgan fingerprint density at radius 2 is 1.14 bits per heavy atom. The number of hydrogen-bond acceptors (Lipinski definition) is 9. The molecule has 4 aromatic rings. The Hall–Kier alpha value is -4.48. The number of aromatic nitrogens is 2. The number of methoxy groups -OCH3 is 1. The Labute approximate surface area is 293 Å². The molecule has 2 saturated heterocycles. The summed E-state index contributed by atoms with van der Waals surface area (Å²) in [5, 5.41) is 33.0. The summed E-state index contributed by atoms with van der Waals surface area (Å²) < 4.78 is 15.7. The fourth-order valence-electron chi connectivity index (χ4n) is 6.11. The molecule has 2 aliphatic rings. The average Bonchev–Trinajstić information content (AvgIpc) is 3.13. The minimum Gasteiger partial charge on any atom is -0.481 e. The zero-order valence-corrected chi connectivity index (χ0v) is 28.2. The minimum absolute atomic E-state index is 0. The van der Waals surface area contributed by atoms with Crippen molar-refractivity contribution in [2.24, 2.45) is 10.8 Å². The molecule has 4 heterocycles. The quantitative estimate of drug-likeness (QED) is 0.164. The summed E-state index contributed by atoms with van der Waals surface area (Å²) in [5.41, 5.74) is 1.66. The van der Waals surface area contributed by atoms with Crippen LogP contribution in [0, 0.1) is 10.8 Å². The van der Waals surface area contributed by atoms with E-state index in [1.165, 1.54) is 7.11 Å². The van der Waals surface area contributed by atoms with Crippen LogP contribution in [0.15, 0.2) is 73.1 Å². The molecule has 6 rings (SSSR count). The highest BCUT2D eigenvalue weighted by Crippen LogP contribution is 2.35. The van der Waals surface area contributed by atoms with Crippen molar-refractivity contribution in [2.75, 3.05) is 33.5 Å². The van der Waals surface area contributed by atoms with Crippen molar-refractivity contribution in [1.29, 1.82) is 0 Å². The van der Waals surface area contributed by atoms with Crippen LogP contribution in [-0.4, -0.2) is 70.8 Å². The van der Waals surface area contributed by atoms with E-state index in [2.05, 4.69) is 9.97 Å². The molecule has 0 unspecified atom stereocenters. The molecule has 0 bridgehead atoms. The maximum atomic E-state index is 12.3. The van der Waals surface area contributed by atoms with E-state index in [9.17, 15) is 24.9 Å². The van der Waals surface area contributed by atoms with Crippen molar-refractivity contribution in [1.82, 2.24) is 9.97 Å². The lowest BCUT2D eigenvalue weighted by Crippen LogP contribution is -2.36. The number of nitrogens with zero attached hydrogens (tertiary/aromatic N) is 2. The average molecular weight is 685 g/mol. The molecule has 10 nitrogen and oxygen atoms in total. The van der Waals surface area contributed by atoms with E-state index in [1.807, 2.05) is 60.7 Å². The van der Waals surface area contributed by atoms with Crippen LogP contribution >= 0.6 is 0 Å². The van der Waals surface area contributed by atoms with Gasteiger partial charge in [-0.1, -0.05) is 43.8 Å². The number of fused-ring (bicyclic) bond motifs is 2. The van der Waals surface area contributed by atoms with Crippen LogP contribution in [-0.2, 0) is 23.8 Å². The van der Waals surface area contributed by atoms with E-state index in [0.29, 0.717) is 57.8 Å². The molecule has 50 heavy (non-hydrogen) atoms. The van der Waals surface area contributed by atoms with Gasteiger partial charge in [0.25, 0.3) is 0 Å². The summed E-state index contributed by atoms with van der Waals surface area (Å²) >= 11 is 0. The van der Waals surface area contributed by atoms with Gasteiger partial charge in [0.2, 0.25) is 0 Å². The minimum atomic E-state index is -0.879. The summed E-state index contributed by atoms with van der Waals surface area (Å²) in [6, 6.07) is 15.4. The van der Waals surface area contributed by atoms with E-state index in [4.69, 9.17) is 14.2 Å². The fraction of sp³-hybridized carbons (Fsp3) is 0.400. The molecule has 0 spiro atoms. The van der Waals surface area contributed by atoms with E-state index in [-0.39, 0.29) is 13.4 Å². The van der Waals surface area contributed by atoms with Gasteiger partial charge in [-0.2, -0.15) is 0 Å². The van der Waals surface area contributed by atoms with Gasteiger partial charge >= 0.3 is 11.9 Å². The number of carboxylic acids is 1. The van der Waals surface area contributed by atoms with Gasteiger partial charge in [0.1, 0.15) is 0 Å². The van der Waals surface area contributed by atoms with Gasteiger partial charge in [-0.25, -0.2) is 0 Å². The SMILES string of the molecule is C.COC(=O)C1(/C=C/c2cc3cc([C@@H](C)O)ccc3cn2)CCOCC1.C[C@@H](O)c1ccc2cnc(/C=C/C3(C(=O)O)CCOCC3)cc2c1. The highest BCUT2D eigenvalue weighted by Gasteiger charge is 2.39. The second-order valence-electron chi connectivity index (χ2n) is 12.8. The molecule has 0 aliphatic carbocycles. The number of carbonyl (C=O) groups is 2. The summed E-state index contributed by atoms with van der Waals surface area (Å²) in [6.07, 6.45) is 12.0. The number of carbonyl (C=O) groups excluding carboxylic acids is 1. The number of ether oxygens (including phenoxy) is 3. The lowest BCUT2D eigenvalue weighted by molar-refractivity contribution is -0.154. The molecule has 0 saturated carbocycles. The first-order valence-electron chi connectivity index (χ1n) is 16.6. The van der Waals surface area contributed by atoms with Crippen molar-refractivity contribution in [3.63, 3.8) is 0 Å². The number of pyridine rings is 2. The summed E-state index contributed by atoms with van der Waals surface area (Å²) in [4.78, 5) is 32.8. The number of aliphatic carboxylic acids is 1. The van der Waals surface area contributed by atoms with E-state index < -0.39 is 29.0 Å². The lowest BCUT2D eigenvalue weighted by atomic mass is 9.79. The number of carboxylic acid groups (broad SMARTS) is 1. The first-order chi connectivity index (χ1) is 23.5. The van der Waals surface area contributed by atoms with Crippen molar-refractivity contribution >= 4 is 45.6 Å².